The van der Waals surface area contributed by atoms with Crippen molar-refractivity contribution < 1.29 is 4.42 Å². The summed E-state index contributed by atoms with van der Waals surface area (Å²) in [7, 11) is 0. The molecule has 3 nitrogen and oxygen atoms in total. The summed E-state index contributed by atoms with van der Waals surface area (Å²) in [4.78, 5) is 2.52. The van der Waals surface area contributed by atoms with E-state index < -0.39 is 0 Å². The van der Waals surface area contributed by atoms with Crippen molar-refractivity contribution in [1.82, 2.24) is 10.2 Å². The number of hydrogen-bond acceptors (Lipinski definition) is 3. The third-order valence-electron chi connectivity index (χ3n) is 3.93. The fraction of sp³-hybridized carbons (Fsp3) is 0.733. The molecule has 1 aliphatic rings. The first-order chi connectivity index (χ1) is 8.81. The summed E-state index contributed by atoms with van der Waals surface area (Å²) in [6, 6.07) is 4.22. The van der Waals surface area contributed by atoms with Gasteiger partial charge in [-0.05, 0) is 50.5 Å². The summed E-state index contributed by atoms with van der Waals surface area (Å²) in [6.45, 7) is 9.67. The highest BCUT2D eigenvalue weighted by Gasteiger charge is 2.18. The minimum Gasteiger partial charge on any atom is -0.463 e. The Kier molecular flexibility index (Phi) is 5.26. The molecular weight excluding hydrogens is 224 g/mol. The molecule has 0 radical (unpaired) electrons. The van der Waals surface area contributed by atoms with Crippen LogP contribution < -0.4 is 5.32 Å². The first-order valence-corrected chi connectivity index (χ1v) is 7.32. The molecule has 0 aliphatic carbocycles. The normalized spacial score (nSPS) is 18.3. The largest absolute Gasteiger partial charge is 0.463 e. The van der Waals surface area contributed by atoms with E-state index >= 15 is 0 Å². The van der Waals surface area contributed by atoms with E-state index in [-0.39, 0.29) is 0 Å². The predicted octanol–water partition coefficient (Wildman–Crippen LogP) is 3.01. The molecule has 1 saturated heterocycles. The Morgan fingerprint density at radius 3 is 2.61 bits per heavy atom. The van der Waals surface area contributed by atoms with E-state index in [4.69, 9.17) is 4.42 Å². The fourth-order valence-electron chi connectivity index (χ4n) is 2.62. The lowest BCUT2D eigenvalue weighted by Gasteiger charge is -2.30. The molecule has 2 rings (SSSR count). The van der Waals surface area contributed by atoms with Crippen molar-refractivity contribution in [1.29, 1.82) is 0 Å². The van der Waals surface area contributed by atoms with E-state index in [1.165, 1.54) is 32.4 Å². The number of rotatable bonds is 6. The van der Waals surface area contributed by atoms with Crippen molar-refractivity contribution >= 4 is 0 Å². The molecule has 0 amide bonds. The van der Waals surface area contributed by atoms with E-state index in [1.54, 1.807) is 0 Å². The van der Waals surface area contributed by atoms with E-state index in [0.717, 1.165) is 37.1 Å². The van der Waals surface area contributed by atoms with Crippen LogP contribution in [0.15, 0.2) is 16.5 Å². The Bertz CT molecular complexity index is 340. The molecule has 1 aliphatic heterocycles. The van der Waals surface area contributed by atoms with Gasteiger partial charge in [0, 0.05) is 0 Å². The molecule has 18 heavy (non-hydrogen) atoms. The van der Waals surface area contributed by atoms with Gasteiger partial charge in [-0.25, -0.2) is 0 Å². The van der Waals surface area contributed by atoms with Crippen LogP contribution in [0.5, 0.6) is 0 Å². The van der Waals surface area contributed by atoms with Crippen LogP contribution in [0, 0.1) is 5.92 Å². The lowest BCUT2D eigenvalue weighted by atomic mass is 9.94. The first kappa shape index (κ1) is 13.6. The van der Waals surface area contributed by atoms with Gasteiger partial charge in [0.25, 0.3) is 0 Å². The Balaban J connectivity index is 1.77. The van der Waals surface area contributed by atoms with Gasteiger partial charge in [-0.1, -0.05) is 20.3 Å². The smallest absolute Gasteiger partial charge is 0.118 e. The number of likely N-dealkylation sites (tertiary alicyclic amines) is 1. The number of piperidine rings is 1. The quantitative estimate of drug-likeness (QED) is 0.841. The second kappa shape index (κ2) is 6.95. The molecule has 102 valence electrons. The molecule has 2 heterocycles. The minimum atomic E-state index is 0.842. The maximum Gasteiger partial charge on any atom is 0.118 e. The van der Waals surface area contributed by atoms with Gasteiger partial charge in [0.05, 0.1) is 13.1 Å². The number of furan rings is 1. The molecular formula is C15H26N2O. The highest BCUT2D eigenvalue weighted by molar-refractivity contribution is 5.07. The van der Waals surface area contributed by atoms with Crippen LogP contribution in [-0.2, 0) is 13.1 Å². The summed E-state index contributed by atoms with van der Waals surface area (Å²) in [5, 5.41) is 3.29. The second-order valence-electron chi connectivity index (χ2n) is 5.28. The van der Waals surface area contributed by atoms with Crippen molar-refractivity contribution in [2.75, 3.05) is 19.6 Å². The summed E-state index contributed by atoms with van der Waals surface area (Å²) >= 11 is 0. The van der Waals surface area contributed by atoms with Gasteiger partial charge in [0.2, 0.25) is 0 Å². The van der Waals surface area contributed by atoms with Gasteiger partial charge in [0.15, 0.2) is 0 Å². The van der Waals surface area contributed by atoms with Gasteiger partial charge >= 0.3 is 0 Å². The van der Waals surface area contributed by atoms with Crippen LogP contribution in [0.3, 0.4) is 0 Å². The van der Waals surface area contributed by atoms with E-state index in [2.05, 4.69) is 36.2 Å². The van der Waals surface area contributed by atoms with E-state index in [0.29, 0.717) is 0 Å². The van der Waals surface area contributed by atoms with Crippen LogP contribution in [0.25, 0.3) is 0 Å². The van der Waals surface area contributed by atoms with Crippen LogP contribution in [0.2, 0.25) is 0 Å². The van der Waals surface area contributed by atoms with Crippen molar-refractivity contribution in [3.63, 3.8) is 0 Å². The van der Waals surface area contributed by atoms with Crippen molar-refractivity contribution in [2.24, 2.45) is 5.92 Å². The predicted molar refractivity (Wildman–Crippen MR) is 74.4 cm³/mol. The number of nitrogens with one attached hydrogen (secondary N) is 1. The van der Waals surface area contributed by atoms with Crippen LogP contribution in [-0.4, -0.2) is 24.5 Å². The third-order valence-corrected chi connectivity index (χ3v) is 3.93. The number of hydrogen-bond donors (Lipinski definition) is 1. The zero-order valence-electron chi connectivity index (χ0n) is 11.7. The minimum absolute atomic E-state index is 0.842. The summed E-state index contributed by atoms with van der Waals surface area (Å²) in [6.07, 6.45) is 4.03. The highest BCUT2D eigenvalue weighted by Crippen LogP contribution is 2.21. The SMILES string of the molecule is CCNCc1ccc(CN2CCC(CC)CC2)o1. The van der Waals surface area contributed by atoms with Crippen molar-refractivity contribution in [3.8, 4) is 0 Å². The molecule has 1 aromatic heterocycles. The lowest BCUT2D eigenvalue weighted by Crippen LogP contribution is -2.32. The monoisotopic (exact) mass is 250 g/mol. The topological polar surface area (TPSA) is 28.4 Å². The summed E-state index contributed by atoms with van der Waals surface area (Å²) in [5.41, 5.74) is 0. The highest BCUT2D eigenvalue weighted by atomic mass is 16.3. The van der Waals surface area contributed by atoms with E-state index in [1.807, 2.05) is 0 Å². The van der Waals surface area contributed by atoms with Gasteiger partial charge in [-0.2, -0.15) is 0 Å². The maximum absolute atomic E-state index is 5.84. The fourth-order valence-corrected chi connectivity index (χ4v) is 2.62. The molecule has 0 spiro atoms. The summed E-state index contributed by atoms with van der Waals surface area (Å²) < 4.78 is 5.84. The molecule has 0 unspecified atom stereocenters. The van der Waals surface area contributed by atoms with Crippen LogP contribution in [0.4, 0.5) is 0 Å². The maximum atomic E-state index is 5.84. The molecule has 1 N–H and O–H groups in total. The molecule has 1 fully saturated rings. The Labute approximate surface area is 111 Å². The van der Waals surface area contributed by atoms with Gasteiger partial charge in [-0.15, -0.1) is 0 Å². The zero-order valence-corrected chi connectivity index (χ0v) is 11.7. The molecule has 0 saturated carbocycles. The van der Waals surface area contributed by atoms with Crippen LogP contribution in [0.1, 0.15) is 44.6 Å². The lowest BCUT2D eigenvalue weighted by molar-refractivity contribution is 0.163. The van der Waals surface area contributed by atoms with E-state index in [9.17, 15) is 0 Å². The summed E-state index contributed by atoms with van der Waals surface area (Å²) in [5.74, 6) is 3.11. The molecule has 0 aromatic carbocycles. The van der Waals surface area contributed by atoms with Gasteiger partial charge in [0.1, 0.15) is 11.5 Å². The first-order valence-electron chi connectivity index (χ1n) is 7.32. The molecule has 3 heteroatoms. The Hall–Kier alpha value is -0.800. The average Bonchev–Trinajstić information content (AvgIpc) is 2.85. The molecule has 0 atom stereocenters. The second-order valence-corrected chi connectivity index (χ2v) is 5.28. The number of nitrogens with zero attached hydrogens (tertiary/aromatic N) is 1. The zero-order chi connectivity index (χ0) is 12.8. The average molecular weight is 250 g/mol. The van der Waals surface area contributed by atoms with Crippen LogP contribution >= 0.6 is 0 Å². The standard InChI is InChI=1S/C15H26N2O/c1-3-13-7-9-17(10-8-13)12-15-6-5-14(18-15)11-16-4-2/h5-6,13,16H,3-4,7-12H2,1-2H3. The van der Waals surface area contributed by atoms with Gasteiger partial charge in [-0.3, -0.25) is 4.90 Å². The Morgan fingerprint density at radius 2 is 1.94 bits per heavy atom. The third kappa shape index (κ3) is 3.85. The van der Waals surface area contributed by atoms with Crippen molar-refractivity contribution in [2.45, 2.75) is 46.2 Å². The van der Waals surface area contributed by atoms with Gasteiger partial charge < -0.3 is 9.73 Å². The Morgan fingerprint density at radius 1 is 1.22 bits per heavy atom. The van der Waals surface area contributed by atoms with Crippen molar-refractivity contribution in [3.05, 3.63) is 23.7 Å². The molecule has 0 bridgehead atoms. The molecule has 1 aromatic rings.